The van der Waals surface area contributed by atoms with Crippen LogP contribution in [-0.2, 0) is 11.8 Å². The first kappa shape index (κ1) is 10.8. The van der Waals surface area contributed by atoms with E-state index in [-0.39, 0.29) is 17.3 Å². The fraction of sp³-hybridized carbons (Fsp3) is 0.500. The molecule has 1 heterocycles. The summed E-state index contributed by atoms with van der Waals surface area (Å²) >= 11 is 0. The van der Waals surface area contributed by atoms with E-state index in [1.165, 1.54) is 13.2 Å². The van der Waals surface area contributed by atoms with Gasteiger partial charge in [-0.3, -0.25) is 4.79 Å². The van der Waals surface area contributed by atoms with Crippen molar-refractivity contribution in [1.29, 1.82) is 0 Å². The van der Waals surface area contributed by atoms with Crippen LogP contribution in [0.1, 0.15) is 24.4 Å². The Morgan fingerprint density at radius 1 is 1.57 bits per heavy atom. The number of aromatic hydroxyl groups is 1. The Labute approximate surface area is 82.8 Å². The van der Waals surface area contributed by atoms with Gasteiger partial charge in [0, 0.05) is 25.9 Å². The zero-order chi connectivity index (χ0) is 10.9. The maximum atomic E-state index is 11.3. The third-order valence-electron chi connectivity index (χ3n) is 2.45. The zero-order valence-electron chi connectivity index (χ0n) is 8.87. The summed E-state index contributed by atoms with van der Waals surface area (Å²) in [5.74, 6) is -0.229. The van der Waals surface area contributed by atoms with Crippen LogP contribution in [0.5, 0.6) is 5.75 Å². The van der Waals surface area contributed by atoms with Gasteiger partial charge >= 0.3 is 0 Å². The Morgan fingerprint density at radius 2 is 2.14 bits per heavy atom. The van der Waals surface area contributed by atoms with Gasteiger partial charge in [-0.05, 0) is 13.8 Å². The van der Waals surface area contributed by atoms with Gasteiger partial charge in [0.2, 0.25) is 5.43 Å². The van der Waals surface area contributed by atoms with Gasteiger partial charge in [0.15, 0.2) is 5.75 Å². The number of aromatic nitrogens is 1. The standard InChI is InChI=1S/C10H15NO3/c1-6-5-8(12)10(13)9(11(6)3)7(2)14-4/h5,7,13H,1-4H3. The van der Waals surface area contributed by atoms with Crippen molar-refractivity contribution in [2.75, 3.05) is 7.11 Å². The van der Waals surface area contributed by atoms with Crippen LogP contribution >= 0.6 is 0 Å². The van der Waals surface area contributed by atoms with Gasteiger partial charge in [-0.15, -0.1) is 0 Å². The SMILES string of the molecule is COC(C)c1c(O)c(=O)cc(C)n1C. The van der Waals surface area contributed by atoms with E-state index in [0.29, 0.717) is 5.69 Å². The number of aryl methyl sites for hydroxylation is 1. The van der Waals surface area contributed by atoms with Crippen LogP contribution in [0.15, 0.2) is 10.9 Å². The molecule has 78 valence electrons. The Kier molecular flexibility index (Phi) is 2.96. The summed E-state index contributed by atoms with van der Waals surface area (Å²) in [4.78, 5) is 11.3. The van der Waals surface area contributed by atoms with Crippen molar-refractivity contribution < 1.29 is 9.84 Å². The molecule has 1 rings (SSSR count). The molecule has 0 aliphatic heterocycles. The molecule has 1 aromatic rings. The number of ether oxygens (including phenoxy) is 1. The van der Waals surface area contributed by atoms with Crippen molar-refractivity contribution in [3.63, 3.8) is 0 Å². The number of methoxy groups -OCH3 is 1. The van der Waals surface area contributed by atoms with Crippen LogP contribution in [0.4, 0.5) is 0 Å². The molecule has 0 aliphatic carbocycles. The van der Waals surface area contributed by atoms with E-state index in [1.54, 1.807) is 18.5 Å². The van der Waals surface area contributed by atoms with Crippen molar-refractivity contribution in [3.8, 4) is 5.75 Å². The maximum Gasteiger partial charge on any atom is 0.223 e. The largest absolute Gasteiger partial charge is 0.503 e. The predicted molar refractivity (Wildman–Crippen MR) is 53.5 cm³/mol. The highest BCUT2D eigenvalue weighted by Crippen LogP contribution is 2.22. The van der Waals surface area contributed by atoms with E-state index in [9.17, 15) is 9.90 Å². The van der Waals surface area contributed by atoms with Crippen LogP contribution in [0.2, 0.25) is 0 Å². The third-order valence-corrected chi connectivity index (χ3v) is 2.45. The number of nitrogens with zero attached hydrogens (tertiary/aromatic N) is 1. The number of hydrogen-bond donors (Lipinski definition) is 1. The quantitative estimate of drug-likeness (QED) is 0.772. The van der Waals surface area contributed by atoms with Crippen LogP contribution in [0.25, 0.3) is 0 Å². The first-order chi connectivity index (χ1) is 6.49. The highest BCUT2D eigenvalue weighted by Gasteiger charge is 2.16. The van der Waals surface area contributed by atoms with Crippen LogP contribution in [-0.4, -0.2) is 16.8 Å². The van der Waals surface area contributed by atoms with E-state index in [2.05, 4.69) is 0 Å². The lowest BCUT2D eigenvalue weighted by molar-refractivity contribution is 0.109. The molecule has 0 saturated carbocycles. The molecule has 1 atom stereocenters. The molecule has 0 amide bonds. The smallest absolute Gasteiger partial charge is 0.223 e. The van der Waals surface area contributed by atoms with Gasteiger partial charge < -0.3 is 14.4 Å². The molecular weight excluding hydrogens is 182 g/mol. The highest BCUT2D eigenvalue weighted by molar-refractivity contribution is 5.30. The minimum atomic E-state index is -0.362. The van der Waals surface area contributed by atoms with E-state index in [0.717, 1.165) is 5.69 Å². The molecule has 1 N–H and O–H groups in total. The highest BCUT2D eigenvalue weighted by atomic mass is 16.5. The minimum Gasteiger partial charge on any atom is -0.503 e. The normalized spacial score (nSPS) is 12.9. The first-order valence-electron chi connectivity index (χ1n) is 4.41. The molecule has 0 fully saturated rings. The zero-order valence-corrected chi connectivity index (χ0v) is 8.87. The summed E-state index contributed by atoms with van der Waals surface area (Å²) in [6.45, 7) is 3.60. The van der Waals surface area contributed by atoms with Gasteiger partial charge in [0.05, 0.1) is 11.8 Å². The summed E-state index contributed by atoms with van der Waals surface area (Å²) in [6, 6.07) is 1.40. The van der Waals surface area contributed by atoms with Crippen molar-refractivity contribution >= 4 is 0 Å². The molecule has 4 heteroatoms. The summed E-state index contributed by atoms with van der Waals surface area (Å²) < 4.78 is 6.84. The fourth-order valence-corrected chi connectivity index (χ4v) is 1.41. The number of hydrogen-bond acceptors (Lipinski definition) is 3. The molecule has 0 spiro atoms. The first-order valence-corrected chi connectivity index (χ1v) is 4.41. The van der Waals surface area contributed by atoms with Gasteiger partial charge in [-0.2, -0.15) is 0 Å². The molecule has 1 unspecified atom stereocenters. The van der Waals surface area contributed by atoms with Crippen molar-refractivity contribution in [1.82, 2.24) is 4.57 Å². The Bertz CT molecular complexity index is 395. The van der Waals surface area contributed by atoms with Gasteiger partial charge in [0.25, 0.3) is 0 Å². The van der Waals surface area contributed by atoms with E-state index in [4.69, 9.17) is 4.74 Å². The summed E-state index contributed by atoms with van der Waals surface area (Å²) in [6.07, 6.45) is -0.299. The number of rotatable bonds is 2. The molecule has 0 bridgehead atoms. The van der Waals surface area contributed by atoms with Gasteiger partial charge in [-0.1, -0.05) is 0 Å². The summed E-state index contributed by atoms with van der Waals surface area (Å²) in [5.41, 5.74) is 0.948. The predicted octanol–water partition coefficient (Wildman–Crippen LogP) is 1.11. The Morgan fingerprint density at radius 3 is 2.64 bits per heavy atom. The topological polar surface area (TPSA) is 51.5 Å². The lowest BCUT2D eigenvalue weighted by Crippen LogP contribution is -2.16. The molecule has 4 nitrogen and oxygen atoms in total. The minimum absolute atomic E-state index is 0.229. The Balaban J connectivity index is 3.47. The second-order valence-corrected chi connectivity index (χ2v) is 3.32. The van der Waals surface area contributed by atoms with Crippen LogP contribution in [0.3, 0.4) is 0 Å². The lowest BCUT2D eigenvalue weighted by Gasteiger charge is -2.17. The summed E-state index contributed by atoms with van der Waals surface area (Å²) in [7, 11) is 3.33. The van der Waals surface area contributed by atoms with Crippen LogP contribution < -0.4 is 5.43 Å². The van der Waals surface area contributed by atoms with Gasteiger partial charge in [0.1, 0.15) is 0 Å². The Hall–Kier alpha value is -1.29. The van der Waals surface area contributed by atoms with E-state index >= 15 is 0 Å². The molecule has 0 aromatic carbocycles. The average molecular weight is 197 g/mol. The summed E-state index contributed by atoms with van der Waals surface area (Å²) in [5, 5.41) is 9.59. The fourth-order valence-electron chi connectivity index (χ4n) is 1.41. The molecule has 0 saturated heterocycles. The maximum absolute atomic E-state index is 11.3. The number of pyridine rings is 1. The molecular formula is C10H15NO3. The molecule has 14 heavy (non-hydrogen) atoms. The van der Waals surface area contributed by atoms with Crippen molar-refractivity contribution in [2.45, 2.75) is 20.0 Å². The van der Waals surface area contributed by atoms with Gasteiger partial charge in [-0.25, -0.2) is 0 Å². The lowest BCUT2D eigenvalue weighted by atomic mass is 10.2. The van der Waals surface area contributed by atoms with Crippen molar-refractivity contribution in [2.24, 2.45) is 7.05 Å². The second-order valence-electron chi connectivity index (χ2n) is 3.32. The average Bonchev–Trinajstić information content (AvgIpc) is 2.15. The van der Waals surface area contributed by atoms with Crippen LogP contribution in [0, 0.1) is 6.92 Å². The third kappa shape index (κ3) is 1.65. The van der Waals surface area contributed by atoms with Crippen molar-refractivity contribution in [3.05, 3.63) is 27.7 Å². The molecule has 1 aromatic heterocycles. The van der Waals surface area contributed by atoms with E-state index in [1.807, 2.05) is 6.92 Å². The molecule has 0 aliphatic rings. The molecule has 0 radical (unpaired) electrons. The monoisotopic (exact) mass is 197 g/mol. The second kappa shape index (κ2) is 3.84. The van der Waals surface area contributed by atoms with E-state index < -0.39 is 0 Å².